The number of thiol groups is 1. The van der Waals surface area contributed by atoms with Crippen molar-refractivity contribution in [3.05, 3.63) is 29.3 Å². The summed E-state index contributed by atoms with van der Waals surface area (Å²) in [5, 5.41) is 9.21. The van der Waals surface area contributed by atoms with Crippen molar-refractivity contribution in [3.8, 4) is 17.6 Å². The zero-order valence-corrected chi connectivity index (χ0v) is 8.42. The monoisotopic (exact) mass is 206 g/mol. The summed E-state index contributed by atoms with van der Waals surface area (Å²) in [7, 11) is 0. The minimum Gasteiger partial charge on any atom is -0.507 e. The Labute approximate surface area is 88.4 Å². The fraction of sp³-hybridized carbons (Fsp3) is 0.182. The lowest BCUT2D eigenvalue weighted by Gasteiger charge is -1.96. The molecule has 0 aliphatic carbocycles. The fourth-order valence-corrected chi connectivity index (χ4v) is 1.06. The van der Waals surface area contributed by atoms with Crippen LogP contribution in [0.1, 0.15) is 22.3 Å². The van der Waals surface area contributed by atoms with Crippen LogP contribution in [0.2, 0.25) is 0 Å². The van der Waals surface area contributed by atoms with Crippen molar-refractivity contribution in [2.75, 3.05) is 5.75 Å². The van der Waals surface area contributed by atoms with Crippen LogP contribution >= 0.6 is 12.6 Å². The van der Waals surface area contributed by atoms with Crippen molar-refractivity contribution in [2.24, 2.45) is 0 Å². The van der Waals surface area contributed by atoms with E-state index in [2.05, 4.69) is 24.5 Å². The first-order chi connectivity index (χ1) is 6.77. The Morgan fingerprint density at radius 3 is 2.93 bits per heavy atom. The molecule has 0 aliphatic rings. The molecule has 0 saturated heterocycles. The Morgan fingerprint density at radius 1 is 1.50 bits per heavy atom. The Hall–Kier alpha value is -1.40. The average Bonchev–Trinajstić information content (AvgIpc) is 2.21. The smallest absolute Gasteiger partial charge is 0.153 e. The number of aldehydes is 1. The molecule has 1 N–H and O–H groups in total. The van der Waals surface area contributed by atoms with Gasteiger partial charge >= 0.3 is 0 Å². The second-order valence-corrected chi connectivity index (χ2v) is 3.11. The predicted molar refractivity (Wildman–Crippen MR) is 58.8 cm³/mol. The maximum absolute atomic E-state index is 10.5. The molecular weight excluding hydrogens is 196 g/mol. The maximum atomic E-state index is 10.5. The first-order valence-electron chi connectivity index (χ1n) is 4.16. The molecule has 0 fully saturated rings. The van der Waals surface area contributed by atoms with Gasteiger partial charge in [0.2, 0.25) is 0 Å². The summed E-state index contributed by atoms with van der Waals surface area (Å²) in [4.78, 5) is 10.5. The van der Waals surface area contributed by atoms with Crippen LogP contribution < -0.4 is 0 Å². The fourth-order valence-electron chi connectivity index (χ4n) is 0.947. The molecule has 0 amide bonds. The molecule has 14 heavy (non-hydrogen) atoms. The summed E-state index contributed by atoms with van der Waals surface area (Å²) in [5.74, 6) is 6.48. The van der Waals surface area contributed by atoms with Gasteiger partial charge in [0.15, 0.2) is 6.29 Å². The highest BCUT2D eigenvalue weighted by Crippen LogP contribution is 2.15. The Balaban J connectivity index is 2.91. The molecule has 0 bridgehead atoms. The normalized spacial score (nSPS) is 8.93. The van der Waals surface area contributed by atoms with Gasteiger partial charge in [-0.15, -0.1) is 0 Å². The van der Waals surface area contributed by atoms with Gasteiger partial charge in [0.25, 0.3) is 0 Å². The molecule has 0 spiro atoms. The molecule has 0 unspecified atom stereocenters. The second kappa shape index (κ2) is 5.36. The van der Waals surface area contributed by atoms with Crippen molar-refractivity contribution in [1.29, 1.82) is 0 Å². The minimum absolute atomic E-state index is 0.0141. The van der Waals surface area contributed by atoms with Crippen LogP contribution in [0.3, 0.4) is 0 Å². The molecule has 72 valence electrons. The highest BCUT2D eigenvalue weighted by molar-refractivity contribution is 7.80. The number of phenols is 1. The van der Waals surface area contributed by atoms with Crippen LogP contribution in [0.25, 0.3) is 0 Å². The third-order valence-electron chi connectivity index (χ3n) is 1.62. The summed E-state index contributed by atoms with van der Waals surface area (Å²) in [6, 6.07) is 4.70. The number of hydrogen-bond acceptors (Lipinski definition) is 3. The number of hydrogen-bond donors (Lipinski definition) is 2. The molecule has 1 aromatic carbocycles. The number of phenolic OH excluding ortho intramolecular Hbond substituents is 1. The SMILES string of the molecule is O=Cc1cc(C#CCCS)ccc1O. The third kappa shape index (κ3) is 2.82. The summed E-state index contributed by atoms with van der Waals surface area (Å²) in [6.45, 7) is 0. The van der Waals surface area contributed by atoms with Crippen LogP contribution in [0.4, 0.5) is 0 Å². The van der Waals surface area contributed by atoms with Crippen LogP contribution in [0.15, 0.2) is 18.2 Å². The van der Waals surface area contributed by atoms with Crippen molar-refractivity contribution < 1.29 is 9.90 Å². The van der Waals surface area contributed by atoms with E-state index in [9.17, 15) is 9.90 Å². The lowest BCUT2D eigenvalue weighted by molar-refractivity contribution is 0.112. The molecule has 1 rings (SSSR count). The lowest BCUT2D eigenvalue weighted by Crippen LogP contribution is -1.83. The molecule has 0 saturated carbocycles. The molecule has 0 aromatic heterocycles. The zero-order valence-electron chi connectivity index (χ0n) is 7.53. The molecule has 0 aliphatic heterocycles. The van der Waals surface area contributed by atoms with Gasteiger partial charge < -0.3 is 5.11 Å². The summed E-state index contributed by atoms with van der Waals surface area (Å²) in [5.41, 5.74) is 0.995. The minimum atomic E-state index is -0.0141. The van der Waals surface area contributed by atoms with E-state index in [0.717, 1.165) is 5.56 Å². The van der Waals surface area contributed by atoms with Gasteiger partial charge in [-0.05, 0) is 18.2 Å². The topological polar surface area (TPSA) is 37.3 Å². The second-order valence-electron chi connectivity index (χ2n) is 2.67. The van der Waals surface area contributed by atoms with Gasteiger partial charge in [0, 0.05) is 17.7 Å². The van der Waals surface area contributed by atoms with E-state index in [-0.39, 0.29) is 11.3 Å². The van der Waals surface area contributed by atoms with Crippen molar-refractivity contribution >= 4 is 18.9 Å². The van der Waals surface area contributed by atoms with Gasteiger partial charge in [-0.3, -0.25) is 4.79 Å². The standard InChI is InChI=1S/C11H10O2S/c12-8-10-7-9(3-1-2-6-14)4-5-11(10)13/h4-5,7-8,13-14H,2,6H2. The molecule has 0 heterocycles. The number of carbonyl (C=O) groups excluding carboxylic acids is 1. The Morgan fingerprint density at radius 2 is 2.29 bits per heavy atom. The average molecular weight is 206 g/mol. The van der Waals surface area contributed by atoms with E-state index in [1.165, 1.54) is 6.07 Å². The summed E-state index contributed by atoms with van der Waals surface area (Å²) in [6.07, 6.45) is 1.32. The number of rotatable bonds is 2. The molecule has 1 aromatic rings. The maximum Gasteiger partial charge on any atom is 0.153 e. The molecule has 3 heteroatoms. The van der Waals surface area contributed by atoms with E-state index < -0.39 is 0 Å². The van der Waals surface area contributed by atoms with Crippen LogP contribution in [0, 0.1) is 11.8 Å². The van der Waals surface area contributed by atoms with E-state index in [0.29, 0.717) is 18.5 Å². The molecular formula is C11H10O2S. The summed E-state index contributed by atoms with van der Waals surface area (Å²) < 4.78 is 0. The van der Waals surface area contributed by atoms with Crippen molar-refractivity contribution in [3.63, 3.8) is 0 Å². The largest absolute Gasteiger partial charge is 0.507 e. The van der Waals surface area contributed by atoms with E-state index in [1.54, 1.807) is 12.1 Å². The van der Waals surface area contributed by atoms with Gasteiger partial charge in [-0.1, -0.05) is 11.8 Å². The number of carbonyl (C=O) groups is 1. The molecule has 0 radical (unpaired) electrons. The number of aromatic hydroxyl groups is 1. The summed E-state index contributed by atoms with van der Waals surface area (Å²) >= 11 is 4.02. The van der Waals surface area contributed by atoms with Crippen molar-refractivity contribution in [2.45, 2.75) is 6.42 Å². The quantitative estimate of drug-likeness (QED) is 0.440. The lowest BCUT2D eigenvalue weighted by atomic mass is 10.1. The predicted octanol–water partition coefficient (Wildman–Crippen LogP) is 1.88. The Bertz CT molecular complexity index is 388. The molecule has 0 atom stereocenters. The van der Waals surface area contributed by atoms with Crippen molar-refractivity contribution in [1.82, 2.24) is 0 Å². The van der Waals surface area contributed by atoms with Gasteiger partial charge in [-0.25, -0.2) is 0 Å². The first kappa shape index (κ1) is 10.7. The highest BCUT2D eigenvalue weighted by Gasteiger charge is 1.98. The van der Waals surface area contributed by atoms with Crippen LogP contribution in [-0.2, 0) is 0 Å². The van der Waals surface area contributed by atoms with Crippen LogP contribution in [-0.4, -0.2) is 17.1 Å². The van der Waals surface area contributed by atoms with Gasteiger partial charge in [-0.2, -0.15) is 12.6 Å². The zero-order chi connectivity index (χ0) is 10.4. The molecule has 2 nitrogen and oxygen atoms in total. The first-order valence-corrected chi connectivity index (χ1v) is 4.79. The van der Waals surface area contributed by atoms with E-state index in [1.807, 2.05) is 0 Å². The highest BCUT2D eigenvalue weighted by atomic mass is 32.1. The third-order valence-corrected chi connectivity index (χ3v) is 1.85. The number of benzene rings is 1. The van der Waals surface area contributed by atoms with E-state index >= 15 is 0 Å². The van der Waals surface area contributed by atoms with E-state index in [4.69, 9.17) is 0 Å². The van der Waals surface area contributed by atoms with Gasteiger partial charge in [0.1, 0.15) is 5.75 Å². The Kier molecular flexibility index (Phi) is 4.09. The van der Waals surface area contributed by atoms with Gasteiger partial charge in [0.05, 0.1) is 5.56 Å². The van der Waals surface area contributed by atoms with Crippen LogP contribution in [0.5, 0.6) is 5.75 Å².